The van der Waals surface area contributed by atoms with Crippen molar-refractivity contribution in [3.8, 4) is 0 Å². The van der Waals surface area contributed by atoms with Gasteiger partial charge < -0.3 is 11.1 Å². The fourth-order valence-corrected chi connectivity index (χ4v) is 3.22. The molecule has 0 amide bonds. The first-order valence-electron chi connectivity index (χ1n) is 6.74. The molecule has 0 aliphatic heterocycles. The quantitative estimate of drug-likeness (QED) is 0.816. The first-order chi connectivity index (χ1) is 9.13. The minimum absolute atomic E-state index is 0.562. The van der Waals surface area contributed by atoms with Gasteiger partial charge >= 0.3 is 0 Å². The predicted octanol–water partition coefficient (Wildman–Crippen LogP) is 4.18. The van der Waals surface area contributed by atoms with E-state index in [0.29, 0.717) is 6.04 Å². The van der Waals surface area contributed by atoms with Gasteiger partial charge in [-0.3, -0.25) is 4.98 Å². The summed E-state index contributed by atoms with van der Waals surface area (Å²) in [4.78, 5) is 4.51. The largest absolute Gasteiger partial charge is 0.398 e. The molecule has 2 unspecified atom stereocenters. The Balaban J connectivity index is 1.97. The highest BCUT2D eigenvalue weighted by atomic mass is 79.9. The lowest BCUT2D eigenvalue weighted by Crippen LogP contribution is -2.15. The molecule has 100 valence electrons. The van der Waals surface area contributed by atoms with Crippen LogP contribution in [0, 0.1) is 5.92 Å². The molecule has 3 nitrogen and oxygen atoms in total. The number of pyridine rings is 1. The molecule has 2 aromatic rings. The van der Waals surface area contributed by atoms with Crippen LogP contribution in [0.4, 0.5) is 11.4 Å². The van der Waals surface area contributed by atoms with Gasteiger partial charge in [0, 0.05) is 27.8 Å². The van der Waals surface area contributed by atoms with Gasteiger partial charge in [-0.25, -0.2) is 0 Å². The number of nitrogens with two attached hydrogens (primary N) is 1. The summed E-state index contributed by atoms with van der Waals surface area (Å²) in [6, 6.07) is 6.59. The van der Waals surface area contributed by atoms with Gasteiger partial charge in [0.25, 0.3) is 0 Å². The first-order valence-corrected chi connectivity index (χ1v) is 7.53. The molecule has 1 saturated carbocycles. The number of benzene rings is 1. The molecule has 0 saturated heterocycles. The Morgan fingerprint density at radius 2 is 2.21 bits per heavy atom. The number of rotatable bonds is 2. The summed E-state index contributed by atoms with van der Waals surface area (Å²) >= 11 is 3.45. The van der Waals surface area contributed by atoms with Gasteiger partial charge in [0.2, 0.25) is 0 Å². The van der Waals surface area contributed by atoms with Crippen molar-refractivity contribution < 1.29 is 0 Å². The van der Waals surface area contributed by atoms with E-state index in [1.807, 2.05) is 24.4 Å². The molecular formula is C15H18BrN3. The highest BCUT2D eigenvalue weighted by Gasteiger charge is 2.21. The number of aromatic nitrogens is 1. The second-order valence-corrected chi connectivity index (χ2v) is 6.43. The summed E-state index contributed by atoms with van der Waals surface area (Å²) in [5, 5.41) is 4.63. The maximum Gasteiger partial charge on any atom is 0.0954 e. The van der Waals surface area contributed by atoms with Gasteiger partial charge in [-0.15, -0.1) is 0 Å². The van der Waals surface area contributed by atoms with E-state index in [-0.39, 0.29) is 0 Å². The number of hydrogen-bond acceptors (Lipinski definition) is 3. The van der Waals surface area contributed by atoms with Gasteiger partial charge in [-0.05, 0) is 59.3 Å². The van der Waals surface area contributed by atoms with E-state index in [4.69, 9.17) is 5.73 Å². The number of nitrogens with zero attached hydrogens (tertiary/aromatic N) is 1. The number of halogens is 1. The van der Waals surface area contributed by atoms with Crippen molar-refractivity contribution in [3.63, 3.8) is 0 Å². The summed E-state index contributed by atoms with van der Waals surface area (Å²) in [7, 11) is 0. The van der Waals surface area contributed by atoms with Crippen molar-refractivity contribution in [2.24, 2.45) is 5.92 Å². The number of hydrogen-bond donors (Lipinski definition) is 2. The Hall–Kier alpha value is -1.29. The minimum atomic E-state index is 0.562. The van der Waals surface area contributed by atoms with Crippen molar-refractivity contribution in [1.82, 2.24) is 4.98 Å². The zero-order valence-electron chi connectivity index (χ0n) is 11.0. The molecular weight excluding hydrogens is 302 g/mol. The molecule has 1 heterocycles. The Morgan fingerprint density at radius 1 is 1.37 bits per heavy atom. The van der Waals surface area contributed by atoms with Crippen molar-refractivity contribution in [2.45, 2.75) is 32.2 Å². The van der Waals surface area contributed by atoms with Gasteiger partial charge in [-0.2, -0.15) is 0 Å². The monoisotopic (exact) mass is 319 g/mol. The van der Waals surface area contributed by atoms with Crippen LogP contribution < -0.4 is 11.1 Å². The summed E-state index contributed by atoms with van der Waals surface area (Å²) < 4.78 is 0.957. The maximum absolute atomic E-state index is 6.04. The van der Waals surface area contributed by atoms with Gasteiger partial charge in [-0.1, -0.05) is 6.92 Å². The predicted molar refractivity (Wildman–Crippen MR) is 84.3 cm³/mol. The molecule has 4 heteroatoms. The lowest BCUT2D eigenvalue weighted by Gasteiger charge is -2.16. The number of anilines is 2. The third kappa shape index (κ3) is 2.54. The molecule has 19 heavy (non-hydrogen) atoms. The molecule has 2 atom stereocenters. The van der Waals surface area contributed by atoms with Crippen LogP contribution in [0.2, 0.25) is 0 Å². The zero-order valence-corrected chi connectivity index (χ0v) is 12.6. The van der Waals surface area contributed by atoms with Crippen LogP contribution in [-0.2, 0) is 0 Å². The highest BCUT2D eigenvalue weighted by Crippen LogP contribution is 2.32. The SMILES string of the molecule is CC1CCC(Nc2ccc(N)c3cc(Br)cnc23)C1. The minimum Gasteiger partial charge on any atom is -0.398 e. The third-order valence-electron chi connectivity index (χ3n) is 3.90. The summed E-state index contributed by atoms with van der Waals surface area (Å²) in [6.07, 6.45) is 5.61. The fourth-order valence-electron chi connectivity index (χ4n) is 2.89. The molecule has 1 aliphatic carbocycles. The number of fused-ring (bicyclic) bond motifs is 1. The van der Waals surface area contributed by atoms with Crippen LogP contribution in [0.25, 0.3) is 10.9 Å². The lowest BCUT2D eigenvalue weighted by molar-refractivity contribution is 0.603. The summed E-state index contributed by atoms with van der Waals surface area (Å²) in [6.45, 7) is 2.32. The van der Waals surface area contributed by atoms with E-state index in [0.717, 1.165) is 32.7 Å². The summed E-state index contributed by atoms with van der Waals surface area (Å²) in [5.74, 6) is 0.819. The number of nitrogens with one attached hydrogen (secondary N) is 1. The normalized spacial score (nSPS) is 22.8. The van der Waals surface area contributed by atoms with Crippen molar-refractivity contribution in [1.29, 1.82) is 0 Å². The Labute approximate surface area is 121 Å². The molecule has 0 spiro atoms. The standard InChI is InChI=1S/C15H18BrN3/c1-9-2-3-11(6-9)19-14-5-4-13(17)12-7-10(16)8-18-15(12)14/h4-5,7-9,11,19H,2-3,6,17H2,1H3. The smallest absolute Gasteiger partial charge is 0.0954 e. The Kier molecular flexibility index (Phi) is 3.35. The van der Waals surface area contributed by atoms with E-state index >= 15 is 0 Å². The van der Waals surface area contributed by atoms with Crippen LogP contribution >= 0.6 is 15.9 Å². The molecule has 1 aliphatic rings. The molecule has 1 fully saturated rings. The fraction of sp³-hybridized carbons (Fsp3) is 0.400. The maximum atomic E-state index is 6.04. The second kappa shape index (κ2) is 5.00. The van der Waals surface area contributed by atoms with Crippen LogP contribution in [0.1, 0.15) is 26.2 Å². The molecule has 3 N–H and O–H groups in total. The van der Waals surface area contributed by atoms with E-state index in [1.165, 1.54) is 19.3 Å². The van der Waals surface area contributed by atoms with E-state index in [2.05, 4.69) is 33.2 Å². The number of nitrogen functional groups attached to an aromatic ring is 1. The van der Waals surface area contributed by atoms with Crippen molar-refractivity contribution >= 4 is 38.2 Å². The van der Waals surface area contributed by atoms with E-state index in [1.54, 1.807) is 0 Å². The van der Waals surface area contributed by atoms with E-state index in [9.17, 15) is 0 Å². The van der Waals surface area contributed by atoms with Crippen LogP contribution in [-0.4, -0.2) is 11.0 Å². The van der Waals surface area contributed by atoms with Gasteiger partial charge in [0.15, 0.2) is 0 Å². The average Bonchev–Trinajstić information content (AvgIpc) is 2.79. The van der Waals surface area contributed by atoms with Crippen LogP contribution in [0.5, 0.6) is 0 Å². The Morgan fingerprint density at radius 3 is 2.95 bits per heavy atom. The average molecular weight is 320 g/mol. The highest BCUT2D eigenvalue weighted by molar-refractivity contribution is 9.10. The van der Waals surface area contributed by atoms with Gasteiger partial charge in [0.1, 0.15) is 0 Å². The molecule has 0 bridgehead atoms. The van der Waals surface area contributed by atoms with Crippen LogP contribution in [0.15, 0.2) is 28.9 Å². The molecule has 0 radical (unpaired) electrons. The Bertz CT molecular complexity index is 612. The second-order valence-electron chi connectivity index (χ2n) is 5.51. The third-order valence-corrected chi connectivity index (χ3v) is 4.34. The lowest BCUT2D eigenvalue weighted by atomic mass is 10.1. The van der Waals surface area contributed by atoms with Gasteiger partial charge in [0.05, 0.1) is 11.2 Å². The summed E-state index contributed by atoms with van der Waals surface area (Å²) in [5.41, 5.74) is 8.86. The topological polar surface area (TPSA) is 50.9 Å². The molecule has 3 rings (SSSR count). The van der Waals surface area contributed by atoms with Crippen molar-refractivity contribution in [3.05, 3.63) is 28.9 Å². The zero-order chi connectivity index (χ0) is 13.4. The van der Waals surface area contributed by atoms with Crippen LogP contribution in [0.3, 0.4) is 0 Å². The molecule has 1 aromatic heterocycles. The van der Waals surface area contributed by atoms with Crippen molar-refractivity contribution in [2.75, 3.05) is 11.1 Å². The molecule has 1 aromatic carbocycles. The first kappa shape index (κ1) is 12.7. The van der Waals surface area contributed by atoms with E-state index < -0.39 is 0 Å².